The molecule has 0 heterocycles. The molecule has 0 bridgehead atoms. The Labute approximate surface area is 102 Å². The third-order valence-electron chi connectivity index (χ3n) is 2.09. The Morgan fingerprint density at radius 1 is 1.27 bits per heavy atom. The van der Waals surface area contributed by atoms with Gasteiger partial charge in [0.2, 0.25) is 0 Å². The third kappa shape index (κ3) is 5.33. The lowest BCUT2D eigenvalue weighted by Crippen LogP contribution is -2.28. The van der Waals surface area contributed by atoms with Crippen LogP contribution in [0.5, 0.6) is 0 Å². The average molecular weight is 270 g/mol. The largest absolute Gasteiger partial charge is 0.302 e. The Balaban J connectivity index is 2.55. The van der Waals surface area contributed by atoms with E-state index in [9.17, 15) is 0 Å². The molecule has 0 aliphatic rings. The van der Waals surface area contributed by atoms with Crippen LogP contribution in [0.15, 0.2) is 28.7 Å². The lowest BCUT2D eigenvalue weighted by Gasteiger charge is -2.26. The minimum absolute atomic E-state index is 0.362. The molecular formula is C13H20BrN. The molecule has 0 fully saturated rings. The van der Waals surface area contributed by atoms with Gasteiger partial charge in [-0.3, -0.25) is 0 Å². The Kier molecular flexibility index (Phi) is 4.35. The summed E-state index contributed by atoms with van der Waals surface area (Å²) >= 11 is 3.49. The van der Waals surface area contributed by atoms with Gasteiger partial charge in [0.1, 0.15) is 0 Å². The zero-order valence-electron chi connectivity index (χ0n) is 10.0. The zero-order chi connectivity index (χ0) is 11.5. The first kappa shape index (κ1) is 12.7. The van der Waals surface area contributed by atoms with Crippen molar-refractivity contribution in [3.63, 3.8) is 0 Å². The Hall–Kier alpha value is -0.340. The van der Waals surface area contributed by atoms with Gasteiger partial charge in [-0.05, 0) is 30.2 Å². The molecule has 0 aromatic heterocycles. The van der Waals surface area contributed by atoms with E-state index in [4.69, 9.17) is 0 Å². The maximum absolute atomic E-state index is 3.49. The van der Waals surface area contributed by atoms with E-state index < -0.39 is 0 Å². The lowest BCUT2D eigenvalue weighted by atomic mass is 9.96. The minimum atomic E-state index is 0.362. The summed E-state index contributed by atoms with van der Waals surface area (Å²) in [6, 6.07) is 8.50. The van der Waals surface area contributed by atoms with Crippen LogP contribution in [0, 0.1) is 5.41 Å². The average Bonchev–Trinajstić information content (AvgIpc) is 1.99. The number of hydrogen-bond acceptors (Lipinski definition) is 1. The van der Waals surface area contributed by atoms with Gasteiger partial charge >= 0.3 is 0 Å². The van der Waals surface area contributed by atoms with Crippen LogP contribution in [0.2, 0.25) is 0 Å². The molecule has 0 amide bonds. The summed E-state index contributed by atoms with van der Waals surface area (Å²) < 4.78 is 1.16. The maximum Gasteiger partial charge on any atom is 0.0231 e. The molecule has 1 rings (SSSR count). The number of rotatable bonds is 3. The molecule has 0 spiro atoms. The van der Waals surface area contributed by atoms with E-state index in [1.165, 1.54) is 5.56 Å². The summed E-state index contributed by atoms with van der Waals surface area (Å²) in [5.41, 5.74) is 1.72. The van der Waals surface area contributed by atoms with E-state index in [1.54, 1.807) is 0 Å². The molecule has 15 heavy (non-hydrogen) atoms. The highest BCUT2D eigenvalue weighted by atomic mass is 79.9. The van der Waals surface area contributed by atoms with E-state index in [-0.39, 0.29) is 0 Å². The van der Waals surface area contributed by atoms with Crippen molar-refractivity contribution < 1.29 is 0 Å². The number of halogens is 1. The molecule has 0 N–H and O–H groups in total. The highest BCUT2D eigenvalue weighted by Crippen LogP contribution is 2.17. The van der Waals surface area contributed by atoms with Gasteiger partial charge in [-0.25, -0.2) is 0 Å². The fraction of sp³-hybridized carbons (Fsp3) is 0.538. The molecule has 0 aliphatic carbocycles. The summed E-state index contributed by atoms with van der Waals surface area (Å²) in [6.45, 7) is 8.93. The Bertz CT molecular complexity index is 315. The topological polar surface area (TPSA) is 3.24 Å². The van der Waals surface area contributed by atoms with Crippen molar-refractivity contribution in [2.24, 2.45) is 5.41 Å². The summed E-state index contributed by atoms with van der Waals surface area (Å²) in [5, 5.41) is 0. The first-order chi connectivity index (χ1) is 6.87. The van der Waals surface area contributed by atoms with Gasteiger partial charge in [0.25, 0.3) is 0 Å². The van der Waals surface area contributed by atoms with E-state index in [0.717, 1.165) is 17.6 Å². The predicted molar refractivity (Wildman–Crippen MR) is 69.9 cm³/mol. The van der Waals surface area contributed by atoms with Gasteiger partial charge < -0.3 is 4.90 Å². The van der Waals surface area contributed by atoms with Crippen LogP contribution in [0.3, 0.4) is 0 Å². The molecule has 0 atom stereocenters. The fourth-order valence-electron chi connectivity index (χ4n) is 1.81. The second kappa shape index (κ2) is 5.13. The standard InChI is InChI=1S/C13H20BrN/c1-13(2,3)10-15(4)9-11-6-5-7-12(14)8-11/h5-8H,9-10H2,1-4H3. The van der Waals surface area contributed by atoms with E-state index in [2.05, 4.69) is 72.9 Å². The van der Waals surface area contributed by atoms with Crippen molar-refractivity contribution >= 4 is 15.9 Å². The molecule has 1 nitrogen and oxygen atoms in total. The molecule has 0 unspecified atom stereocenters. The van der Waals surface area contributed by atoms with Crippen LogP contribution < -0.4 is 0 Å². The maximum atomic E-state index is 3.49. The van der Waals surface area contributed by atoms with Gasteiger partial charge in [0.05, 0.1) is 0 Å². The Morgan fingerprint density at radius 2 is 1.93 bits per heavy atom. The van der Waals surface area contributed by atoms with Crippen molar-refractivity contribution in [1.82, 2.24) is 4.90 Å². The lowest BCUT2D eigenvalue weighted by molar-refractivity contribution is 0.221. The van der Waals surface area contributed by atoms with Crippen LogP contribution >= 0.6 is 15.9 Å². The van der Waals surface area contributed by atoms with Crippen molar-refractivity contribution in [2.45, 2.75) is 27.3 Å². The van der Waals surface area contributed by atoms with E-state index in [0.29, 0.717) is 5.41 Å². The van der Waals surface area contributed by atoms with Crippen LogP contribution in [0.25, 0.3) is 0 Å². The van der Waals surface area contributed by atoms with Crippen molar-refractivity contribution in [1.29, 1.82) is 0 Å². The van der Waals surface area contributed by atoms with Gasteiger partial charge in [0, 0.05) is 17.6 Å². The normalized spacial score (nSPS) is 12.1. The first-order valence-corrected chi connectivity index (χ1v) is 6.09. The minimum Gasteiger partial charge on any atom is -0.302 e. The molecular weight excluding hydrogens is 250 g/mol. The summed E-state index contributed by atoms with van der Waals surface area (Å²) in [4.78, 5) is 2.36. The van der Waals surface area contributed by atoms with Crippen molar-refractivity contribution in [2.75, 3.05) is 13.6 Å². The molecule has 0 radical (unpaired) electrons. The molecule has 84 valence electrons. The number of hydrogen-bond donors (Lipinski definition) is 0. The number of nitrogens with zero attached hydrogens (tertiary/aromatic N) is 1. The van der Waals surface area contributed by atoms with Crippen LogP contribution in [0.4, 0.5) is 0 Å². The number of benzene rings is 1. The summed E-state index contributed by atoms with van der Waals surface area (Å²) in [6.07, 6.45) is 0. The Morgan fingerprint density at radius 3 is 2.47 bits per heavy atom. The quantitative estimate of drug-likeness (QED) is 0.804. The zero-order valence-corrected chi connectivity index (χ0v) is 11.6. The van der Waals surface area contributed by atoms with Gasteiger partial charge in [-0.2, -0.15) is 0 Å². The molecule has 2 heteroatoms. The molecule has 1 aromatic rings. The van der Waals surface area contributed by atoms with E-state index >= 15 is 0 Å². The van der Waals surface area contributed by atoms with Crippen LogP contribution in [-0.4, -0.2) is 18.5 Å². The van der Waals surface area contributed by atoms with Gasteiger partial charge in [0.15, 0.2) is 0 Å². The van der Waals surface area contributed by atoms with Crippen molar-refractivity contribution in [3.05, 3.63) is 34.3 Å². The van der Waals surface area contributed by atoms with Crippen LogP contribution in [-0.2, 0) is 6.54 Å². The molecule has 0 saturated heterocycles. The SMILES string of the molecule is CN(Cc1cccc(Br)c1)CC(C)(C)C. The second-order valence-electron chi connectivity index (χ2n) is 5.36. The first-order valence-electron chi connectivity index (χ1n) is 5.30. The summed E-state index contributed by atoms with van der Waals surface area (Å²) in [7, 11) is 2.17. The van der Waals surface area contributed by atoms with Crippen LogP contribution in [0.1, 0.15) is 26.3 Å². The summed E-state index contributed by atoms with van der Waals surface area (Å²) in [5.74, 6) is 0. The molecule has 0 aliphatic heterocycles. The van der Waals surface area contributed by atoms with Gasteiger partial charge in [-0.15, -0.1) is 0 Å². The van der Waals surface area contributed by atoms with Gasteiger partial charge in [-0.1, -0.05) is 48.8 Å². The third-order valence-corrected chi connectivity index (χ3v) is 2.58. The fourth-order valence-corrected chi connectivity index (χ4v) is 2.26. The molecule has 1 aromatic carbocycles. The highest BCUT2D eigenvalue weighted by Gasteiger charge is 2.13. The van der Waals surface area contributed by atoms with E-state index in [1.807, 2.05) is 0 Å². The molecule has 0 saturated carbocycles. The smallest absolute Gasteiger partial charge is 0.0231 e. The predicted octanol–water partition coefficient (Wildman–Crippen LogP) is 3.93. The highest BCUT2D eigenvalue weighted by molar-refractivity contribution is 9.10. The monoisotopic (exact) mass is 269 g/mol. The second-order valence-corrected chi connectivity index (χ2v) is 6.28. The van der Waals surface area contributed by atoms with Crippen molar-refractivity contribution in [3.8, 4) is 0 Å².